The molecule has 2 aromatic carbocycles. The van der Waals surface area contributed by atoms with E-state index < -0.39 is 6.03 Å². The minimum atomic E-state index is -0.552. The van der Waals surface area contributed by atoms with E-state index in [2.05, 4.69) is 25.5 Å². The maximum Gasteiger partial charge on any atom is 0.324 e. The van der Waals surface area contributed by atoms with Crippen molar-refractivity contribution in [1.82, 2.24) is 14.9 Å². The first kappa shape index (κ1) is 24.8. The third-order valence-electron chi connectivity index (χ3n) is 4.76. The molecular weight excluding hydrogens is 469 g/mol. The van der Waals surface area contributed by atoms with Crippen molar-refractivity contribution in [2.24, 2.45) is 0 Å². The van der Waals surface area contributed by atoms with Gasteiger partial charge in [0.1, 0.15) is 18.8 Å². The number of carbonyl (C=O) groups excluding carboxylic acids is 1. The average Bonchev–Trinajstić information content (AvgIpc) is 2.80. The first-order valence-electron chi connectivity index (χ1n) is 10.1. The van der Waals surface area contributed by atoms with Crippen LogP contribution in [0, 0.1) is 0 Å². The molecule has 0 radical (unpaired) electrons. The number of likely N-dealkylation sites (N-methyl/N-ethyl adjacent to an activating group) is 1. The molecule has 2 amide bonds. The molecule has 2 N–H and O–H groups in total. The molecule has 3 aromatic rings. The zero-order valence-corrected chi connectivity index (χ0v) is 20.0. The lowest BCUT2D eigenvalue weighted by Crippen LogP contribution is -2.27. The molecule has 0 bridgehead atoms. The van der Waals surface area contributed by atoms with Gasteiger partial charge in [-0.05, 0) is 25.2 Å². The van der Waals surface area contributed by atoms with Gasteiger partial charge in [0.05, 0.1) is 35.0 Å². The molecule has 0 atom stereocenters. The van der Waals surface area contributed by atoms with E-state index in [0.29, 0.717) is 63.7 Å². The number of anilines is 2. The second-order valence-corrected chi connectivity index (χ2v) is 7.88. The molecule has 0 spiro atoms. The zero-order chi connectivity index (χ0) is 23.8. The Morgan fingerprint density at radius 3 is 2.45 bits per heavy atom. The first-order chi connectivity index (χ1) is 15.9. The van der Waals surface area contributed by atoms with Crippen LogP contribution in [0.4, 0.5) is 16.3 Å². The molecule has 0 unspecified atom stereocenters. The highest BCUT2D eigenvalue weighted by Crippen LogP contribution is 2.34. The lowest BCUT2D eigenvalue weighted by molar-refractivity contribution is 0.149. The van der Waals surface area contributed by atoms with Crippen molar-refractivity contribution in [2.45, 2.75) is 0 Å². The van der Waals surface area contributed by atoms with Gasteiger partial charge in [-0.25, -0.2) is 14.8 Å². The zero-order valence-electron chi connectivity index (χ0n) is 18.5. The predicted octanol–water partition coefficient (Wildman–Crippen LogP) is 4.55. The van der Waals surface area contributed by atoms with Crippen molar-refractivity contribution >= 4 is 51.6 Å². The maximum absolute atomic E-state index is 12.6. The molecular formula is C22H25Cl2N5O4. The number of fused-ring (bicyclic) bond motifs is 1. The Kier molecular flexibility index (Phi) is 8.90. The normalized spacial score (nSPS) is 11.0. The highest BCUT2D eigenvalue weighted by atomic mass is 35.5. The van der Waals surface area contributed by atoms with Crippen LogP contribution in [0.3, 0.4) is 0 Å². The number of nitrogens with zero attached hydrogens (tertiary/aromatic N) is 3. The minimum Gasteiger partial charge on any atom is -0.493 e. The number of hydrogen-bond donors (Lipinski definition) is 2. The SMILES string of the molecule is COCCN(C)CCOc1cc2ncnc(NC(=O)Nc3c(Cl)cccc3Cl)c2cc1OC. The van der Waals surface area contributed by atoms with Gasteiger partial charge in [0.25, 0.3) is 0 Å². The van der Waals surface area contributed by atoms with Crippen LogP contribution in [0.1, 0.15) is 0 Å². The van der Waals surface area contributed by atoms with Crippen molar-refractivity contribution in [3.05, 3.63) is 46.7 Å². The van der Waals surface area contributed by atoms with Gasteiger partial charge in [-0.15, -0.1) is 0 Å². The number of carbonyl (C=O) groups is 1. The number of urea groups is 1. The lowest BCUT2D eigenvalue weighted by Gasteiger charge is -2.18. The van der Waals surface area contributed by atoms with Gasteiger partial charge in [0.15, 0.2) is 11.5 Å². The number of rotatable bonds is 10. The molecule has 0 aliphatic rings. The van der Waals surface area contributed by atoms with Crippen LogP contribution in [0.2, 0.25) is 10.0 Å². The Bertz CT molecular complexity index is 1100. The standard InChI is InChI=1S/C22H25Cl2N5O4/c1-29(7-9-31-2)8-10-33-19-12-17-14(11-18(19)32-3)21(26-13-25-17)28-22(30)27-20-15(23)5-4-6-16(20)24/h4-6,11-13H,7-10H2,1-3H3,(H2,25,26,27,28,30). The molecule has 0 aliphatic heterocycles. The van der Waals surface area contributed by atoms with Crippen molar-refractivity contribution in [3.63, 3.8) is 0 Å². The van der Waals surface area contributed by atoms with Crippen LogP contribution in [-0.4, -0.2) is 68.5 Å². The third kappa shape index (κ3) is 6.58. The fraction of sp³-hybridized carbons (Fsp3) is 0.318. The van der Waals surface area contributed by atoms with E-state index in [9.17, 15) is 4.79 Å². The number of halogens is 2. The van der Waals surface area contributed by atoms with Crippen molar-refractivity contribution in [3.8, 4) is 11.5 Å². The molecule has 3 rings (SSSR count). The fourth-order valence-electron chi connectivity index (χ4n) is 2.98. The lowest BCUT2D eigenvalue weighted by atomic mass is 10.2. The number of para-hydroxylation sites is 1. The summed E-state index contributed by atoms with van der Waals surface area (Å²) in [7, 11) is 5.21. The molecule has 9 nitrogen and oxygen atoms in total. The first-order valence-corrected chi connectivity index (χ1v) is 10.8. The smallest absolute Gasteiger partial charge is 0.324 e. The highest BCUT2D eigenvalue weighted by molar-refractivity contribution is 6.39. The molecule has 176 valence electrons. The largest absolute Gasteiger partial charge is 0.493 e. The summed E-state index contributed by atoms with van der Waals surface area (Å²) in [5, 5.41) is 6.57. The Labute approximate surface area is 201 Å². The molecule has 33 heavy (non-hydrogen) atoms. The number of benzene rings is 2. The van der Waals surface area contributed by atoms with E-state index in [0.717, 1.165) is 6.54 Å². The molecule has 1 heterocycles. The van der Waals surface area contributed by atoms with E-state index in [-0.39, 0.29) is 0 Å². The number of aromatic nitrogens is 2. The van der Waals surface area contributed by atoms with Gasteiger partial charge in [-0.3, -0.25) is 5.32 Å². The van der Waals surface area contributed by atoms with Gasteiger partial charge >= 0.3 is 6.03 Å². The van der Waals surface area contributed by atoms with E-state index >= 15 is 0 Å². The Balaban J connectivity index is 1.75. The summed E-state index contributed by atoms with van der Waals surface area (Å²) >= 11 is 12.2. The highest BCUT2D eigenvalue weighted by Gasteiger charge is 2.15. The quantitative estimate of drug-likeness (QED) is 0.427. The molecule has 0 saturated carbocycles. The summed E-state index contributed by atoms with van der Waals surface area (Å²) in [5.41, 5.74) is 0.889. The number of ether oxygens (including phenoxy) is 3. The Morgan fingerprint density at radius 1 is 1.03 bits per heavy atom. The molecule has 0 saturated heterocycles. The van der Waals surface area contributed by atoms with E-state index in [1.807, 2.05) is 7.05 Å². The van der Waals surface area contributed by atoms with E-state index in [4.69, 9.17) is 37.4 Å². The van der Waals surface area contributed by atoms with Crippen molar-refractivity contribution < 1.29 is 19.0 Å². The van der Waals surface area contributed by atoms with Crippen LogP contribution in [0.25, 0.3) is 10.9 Å². The van der Waals surface area contributed by atoms with Crippen LogP contribution in [0.5, 0.6) is 11.5 Å². The summed E-state index contributed by atoms with van der Waals surface area (Å²) in [6, 6.07) is 7.87. The van der Waals surface area contributed by atoms with Crippen molar-refractivity contribution in [2.75, 3.05) is 58.2 Å². The van der Waals surface area contributed by atoms with Gasteiger partial charge in [0.2, 0.25) is 0 Å². The molecule has 1 aromatic heterocycles. The van der Waals surface area contributed by atoms with Gasteiger partial charge in [-0.1, -0.05) is 29.3 Å². The second kappa shape index (κ2) is 11.9. The molecule has 0 aliphatic carbocycles. The fourth-order valence-corrected chi connectivity index (χ4v) is 3.47. The predicted molar refractivity (Wildman–Crippen MR) is 130 cm³/mol. The van der Waals surface area contributed by atoms with E-state index in [1.165, 1.54) is 6.33 Å². The van der Waals surface area contributed by atoms with Crippen LogP contribution < -0.4 is 20.1 Å². The summed E-state index contributed by atoms with van der Waals surface area (Å²) in [6.07, 6.45) is 1.36. The molecule has 11 heteroatoms. The molecule has 0 fully saturated rings. The summed E-state index contributed by atoms with van der Waals surface area (Å²) in [5.74, 6) is 1.33. The van der Waals surface area contributed by atoms with Gasteiger partial charge in [0, 0.05) is 31.7 Å². The summed E-state index contributed by atoms with van der Waals surface area (Å²) in [4.78, 5) is 23.1. The Hall–Kier alpha value is -2.85. The summed E-state index contributed by atoms with van der Waals surface area (Å²) < 4.78 is 16.5. The monoisotopic (exact) mass is 493 g/mol. The van der Waals surface area contributed by atoms with Crippen molar-refractivity contribution in [1.29, 1.82) is 0 Å². The topological polar surface area (TPSA) is 97.8 Å². The van der Waals surface area contributed by atoms with Gasteiger partial charge in [-0.2, -0.15) is 0 Å². The van der Waals surface area contributed by atoms with Crippen LogP contribution in [-0.2, 0) is 4.74 Å². The minimum absolute atomic E-state index is 0.296. The summed E-state index contributed by atoms with van der Waals surface area (Å²) in [6.45, 7) is 2.63. The van der Waals surface area contributed by atoms with Crippen LogP contribution >= 0.6 is 23.2 Å². The number of amides is 2. The second-order valence-electron chi connectivity index (χ2n) is 7.06. The number of methoxy groups -OCH3 is 2. The third-order valence-corrected chi connectivity index (χ3v) is 5.39. The number of hydrogen-bond acceptors (Lipinski definition) is 7. The van der Waals surface area contributed by atoms with Gasteiger partial charge < -0.3 is 24.4 Å². The maximum atomic E-state index is 12.6. The average molecular weight is 494 g/mol. The Morgan fingerprint density at radius 2 is 1.76 bits per heavy atom. The number of nitrogens with one attached hydrogen (secondary N) is 2. The van der Waals surface area contributed by atoms with Crippen LogP contribution in [0.15, 0.2) is 36.7 Å². The van der Waals surface area contributed by atoms with E-state index in [1.54, 1.807) is 44.6 Å².